The molecule has 0 rings (SSSR count). The molecule has 2 atom stereocenters. The van der Waals surface area contributed by atoms with E-state index in [1.54, 1.807) is 6.92 Å². The van der Waals surface area contributed by atoms with Gasteiger partial charge < -0.3 is 14.6 Å². The Morgan fingerprint density at radius 1 is 0.950 bits per heavy atom. The molecule has 0 saturated carbocycles. The van der Waals surface area contributed by atoms with Crippen LogP contribution in [0.4, 0.5) is 0 Å². The smallest absolute Gasteiger partial charge is 0.308 e. The minimum Gasteiger partial charge on any atom is -0.436 e. The highest BCUT2D eigenvalue weighted by atomic mass is 16.7. The Morgan fingerprint density at radius 3 is 1.95 bits per heavy atom. The topological polar surface area (TPSA) is 55.8 Å². The Labute approximate surface area is 123 Å². The average Bonchev–Trinajstić information content (AvgIpc) is 2.35. The summed E-state index contributed by atoms with van der Waals surface area (Å²) in [4.78, 5) is 11.5. The van der Waals surface area contributed by atoms with Gasteiger partial charge >= 0.3 is 5.97 Å². The molecule has 4 heteroatoms. The first kappa shape index (κ1) is 19.4. The maximum atomic E-state index is 11.5. The molecule has 0 amide bonds. The predicted molar refractivity (Wildman–Crippen MR) is 80.2 cm³/mol. The van der Waals surface area contributed by atoms with Gasteiger partial charge in [0.2, 0.25) is 6.29 Å². The first-order valence-corrected chi connectivity index (χ1v) is 8.09. The van der Waals surface area contributed by atoms with Gasteiger partial charge in [0.25, 0.3) is 0 Å². The molecule has 0 bridgehead atoms. The lowest BCUT2D eigenvalue weighted by atomic mass is 10.1. The Morgan fingerprint density at radius 2 is 1.45 bits per heavy atom. The number of ether oxygens (including phenoxy) is 2. The summed E-state index contributed by atoms with van der Waals surface area (Å²) in [5.41, 5.74) is 0. The number of unbranched alkanes of at least 4 members (excludes halogenated alkanes) is 8. The van der Waals surface area contributed by atoms with E-state index in [-0.39, 0.29) is 5.97 Å². The van der Waals surface area contributed by atoms with Crippen molar-refractivity contribution in [3.05, 3.63) is 0 Å². The fourth-order valence-corrected chi connectivity index (χ4v) is 2.13. The fraction of sp³-hybridized carbons (Fsp3) is 0.938. The van der Waals surface area contributed by atoms with Gasteiger partial charge in [-0.3, -0.25) is 4.79 Å². The van der Waals surface area contributed by atoms with Gasteiger partial charge in [-0.05, 0) is 20.3 Å². The van der Waals surface area contributed by atoms with E-state index in [4.69, 9.17) is 14.6 Å². The first-order valence-electron chi connectivity index (χ1n) is 8.09. The second kappa shape index (κ2) is 13.4. The van der Waals surface area contributed by atoms with Gasteiger partial charge in [-0.1, -0.05) is 58.3 Å². The monoisotopic (exact) mass is 288 g/mol. The predicted octanol–water partition coefficient (Wildman–Crippen LogP) is 4.15. The lowest BCUT2D eigenvalue weighted by Gasteiger charge is -2.15. The van der Waals surface area contributed by atoms with Crippen molar-refractivity contribution in [1.82, 2.24) is 0 Å². The van der Waals surface area contributed by atoms with Gasteiger partial charge in [-0.2, -0.15) is 0 Å². The van der Waals surface area contributed by atoms with Crippen molar-refractivity contribution in [2.24, 2.45) is 0 Å². The summed E-state index contributed by atoms with van der Waals surface area (Å²) in [7, 11) is 0. The zero-order valence-corrected chi connectivity index (χ0v) is 13.4. The van der Waals surface area contributed by atoms with E-state index < -0.39 is 12.6 Å². The molecule has 20 heavy (non-hydrogen) atoms. The molecule has 2 unspecified atom stereocenters. The van der Waals surface area contributed by atoms with Crippen molar-refractivity contribution >= 4 is 5.97 Å². The Kier molecular flexibility index (Phi) is 13.0. The van der Waals surface area contributed by atoms with Crippen molar-refractivity contribution in [3.63, 3.8) is 0 Å². The minimum atomic E-state index is -0.912. The summed E-state index contributed by atoms with van der Waals surface area (Å²) in [5, 5.41) is 8.97. The highest BCUT2D eigenvalue weighted by Crippen LogP contribution is 2.11. The Hall–Kier alpha value is -0.610. The van der Waals surface area contributed by atoms with E-state index in [9.17, 15) is 4.79 Å². The van der Waals surface area contributed by atoms with Gasteiger partial charge in [-0.25, -0.2) is 0 Å². The van der Waals surface area contributed by atoms with Crippen LogP contribution in [0.25, 0.3) is 0 Å². The minimum absolute atomic E-state index is 0.249. The molecule has 0 aromatic rings. The molecule has 4 nitrogen and oxygen atoms in total. The summed E-state index contributed by atoms with van der Waals surface area (Å²) in [5.74, 6) is -0.249. The van der Waals surface area contributed by atoms with Crippen molar-refractivity contribution in [2.45, 2.75) is 97.6 Å². The van der Waals surface area contributed by atoms with E-state index in [1.807, 2.05) is 0 Å². The third kappa shape index (κ3) is 13.8. The second-order valence-electron chi connectivity index (χ2n) is 5.37. The lowest BCUT2D eigenvalue weighted by molar-refractivity contribution is -0.214. The molecule has 0 aromatic heterocycles. The summed E-state index contributed by atoms with van der Waals surface area (Å²) in [6.45, 7) is 5.33. The van der Waals surface area contributed by atoms with Gasteiger partial charge in [0.05, 0.1) is 0 Å². The van der Waals surface area contributed by atoms with Crippen molar-refractivity contribution < 1.29 is 19.4 Å². The number of hydrogen-bond donors (Lipinski definition) is 1. The number of aliphatic hydroxyl groups excluding tert-OH is 1. The van der Waals surface area contributed by atoms with Gasteiger partial charge in [0.1, 0.15) is 0 Å². The zero-order valence-electron chi connectivity index (χ0n) is 13.4. The number of esters is 1. The number of carbonyl (C=O) groups is 1. The third-order valence-corrected chi connectivity index (χ3v) is 3.17. The molecule has 1 N–H and O–H groups in total. The molecular weight excluding hydrogens is 256 g/mol. The van der Waals surface area contributed by atoms with Crippen LogP contribution in [0, 0.1) is 0 Å². The number of carbonyl (C=O) groups excluding carboxylic acids is 1. The quantitative estimate of drug-likeness (QED) is 0.314. The zero-order chi connectivity index (χ0) is 15.2. The average molecular weight is 288 g/mol. The van der Waals surface area contributed by atoms with Crippen LogP contribution in [0.3, 0.4) is 0 Å². The van der Waals surface area contributed by atoms with Crippen LogP contribution in [0.15, 0.2) is 0 Å². The molecule has 0 spiro atoms. The van der Waals surface area contributed by atoms with E-state index in [0.717, 1.165) is 12.8 Å². The van der Waals surface area contributed by atoms with Crippen molar-refractivity contribution in [2.75, 3.05) is 0 Å². The van der Waals surface area contributed by atoms with Crippen LogP contribution in [-0.2, 0) is 14.3 Å². The molecule has 0 radical (unpaired) electrons. The van der Waals surface area contributed by atoms with Crippen molar-refractivity contribution in [1.29, 1.82) is 0 Å². The largest absolute Gasteiger partial charge is 0.436 e. The van der Waals surface area contributed by atoms with Gasteiger partial charge in [0, 0.05) is 6.42 Å². The van der Waals surface area contributed by atoms with E-state index in [2.05, 4.69) is 6.92 Å². The molecule has 0 aliphatic heterocycles. The normalized spacial score (nSPS) is 14.0. The van der Waals surface area contributed by atoms with Gasteiger partial charge in [-0.15, -0.1) is 0 Å². The summed E-state index contributed by atoms with van der Waals surface area (Å²) in [6, 6.07) is 0. The van der Waals surface area contributed by atoms with E-state index in [1.165, 1.54) is 51.9 Å². The maximum Gasteiger partial charge on any atom is 0.308 e. The van der Waals surface area contributed by atoms with Crippen LogP contribution in [0.2, 0.25) is 0 Å². The van der Waals surface area contributed by atoms with E-state index >= 15 is 0 Å². The molecular formula is C16H32O4. The molecule has 0 saturated heterocycles. The molecule has 0 fully saturated rings. The molecule has 0 aliphatic carbocycles. The lowest BCUT2D eigenvalue weighted by Crippen LogP contribution is -2.22. The van der Waals surface area contributed by atoms with Gasteiger partial charge in [0.15, 0.2) is 6.29 Å². The van der Waals surface area contributed by atoms with Crippen LogP contribution in [0.5, 0.6) is 0 Å². The number of hydrogen-bond acceptors (Lipinski definition) is 4. The van der Waals surface area contributed by atoms with Crippen LogP contribution in [-0.4, -0.2) is 23.7 Å². The van der Waals surface area contributed by atoms with E-state index in [0.29, 0.717) is 6.42 Å². The van der Waals surface area contributed by atoms with Crippen LogP contribution in [0.1, 0.15) is 85.0 Å². The maximum absolute atomic E-state index is 11.5. The first-order chi connectivity index (χ1) is 9.56. The molecule has 0 aliphatic rings. The molecule has 120 valence electrons. The Bertz CT molecular complexity index is 229. The number of aliphatic hydroxyl groups is 1. The fourth-order valence-electron chi connectivity index (χ4n) is 2.13. The highest BCUT2D eigenvalue weighted by Gasteiger charge is 2.11. The SMILES string of the molecule is CCCCCCCCCCCC(=O)OC(C)OC(C)O. The number of rotatable bonds is 13. The summed E-state index contributed by atoms with van der Waals surface area (Å²) < 4.78 is 9.94. The molecule has 0 aromatic carbocycles. The highest BCUT2D eigenvalue weighted by molar-refractivity contribution is 5.69. The van der Waals surface area contributed by atoms with Crippen LogP contribution < -0.4 is 0 Å². The Balaban J connectivity index is 3.31. The molecule has 0 heterocycles. The third-order valence-electron chi connectivity index (χ3n) is 3.17. The summed E-state index contributed by atoms with van der Waals surface area (Å²) in [6.07, 6.45) is 9.88. The standard InChI is InChI=1S/C16H32O4/c1-4-5-6-7-8-9-10-11-12-13-16(18)20-15(3)19-14(2)17/h14-15,17H,4-13H2,1-3H3. The van der Waals surface area contributed by atoms with Crippen LogP contribution >= 0.6 is 0 Å². The van der Waals surface area contributed by atoms with Crippen molar-refractivity contribution in [3.8, 4) is 0 Å². The summed E-state index contributed by atoms with van der Waals surface area (Å²) >= 11 is 0. The second-order valence-corrected chi connectivity index (χ2v) is 5.37.